The van der Waals surface area contributed by atoms with Gasteiger partial charge in [0.2, 0.25) is 5.91 Å². The van der Waals surface area contributed by atoms with Crippen molar-refractivity contribution in [3.8, 4) is 0 Å². The van der Waals surface area contributed by atoms with Gasteiger partial charge in [-0.2, -0.15) is 0 Å². The Balaban J connectivity index is 2.12. The highest BCUT2D eigenvalue weighted by Gasteiger charge is 2.46. The lowest BCUT2D eigenvalue weighted by atomic mass is 9.93. The monoisotopic (exact) mass is 293 g/mol. The van der Waals surface area contributed by atoms with Crippen LogP contribution in [0, 0.1) is 0 Å². The minimum absolute atomic E-state index is 0.180. The summed E-state index contributed by atoms with van der Waals surface area (Å²) in [5, 5.41) is 0. The van der Waals surface area contributed by atoms with Crippen LogP contribution in [0.15, 0.2) is 24.3 Å². The fourth-order valence-corrected chi connectivity index (χ4v) is 2.62. The Labute approximate surface area is 125 Å². The minimum Gasteiger partial charge on any atom is -0.364 e. The van der Waals surface area contributed by atoms with Gasteiger partial charge in [0.05, 0.1) is 0 Å². The highest BCUT2D eigenvalue weighted by Crippen LogP contribution is 2.30. The maximum Gasteiger partial charge on any atom is 0.267 e. The Morgan fingerprint density at radius 3 is 2.90 bits per heavy atom. The molecule has 1 aliphatic carbocycles. The smallest absolute Gasteiger partial charge is 0.267 e. The fourth-order valence-electron chi connectivity index (χ4n) is 2.62. The van der Waals surface area contributed by atoms with Crippen molar-refractivity contribution in [2.45, 2.75) is 50.9 Å². The number of nitrogens with zero attached hydrogens (tertiary/aromatic N) is 1. The molecule has 21 heavy (non-hydrogen) atoms. The van der Waals surface area contributed by atoms with Crippen molar-refractivity contribution in [3.05, 3.63) is 24.3 Å². The number of carbonyl (C=O) groups is 2. The van der Waals surface area contributed by atoms with E-state index in [1.54, 1.807) is 12.2 Å². The van der Waals surface area contributed by atoms with E-state index in [2.05, 4.69) is 6.92 Å². The number of amides is 2. The van der Waals surface area contributed by atoms with Crippen LogP contribution in [-0.4, -0.2) is 42.3 Å². The molecule has 2 amide bonds. The highest BCUT2D eigenvalue weighted by atomic mass is 16.5. The normalized spacial score (nSPS) is 28.4. The number of unbranched alkanes of at least 4 members (excludes halogenated alkanes) is 1. The molecule has 0 aromatic carbocycles. The first-order chi connectivity index (χ1) is 10.1. The minimum atomic E-state index is -1.08. The second-order valence-electron chi connectivity index (χ2n) is 5.37. The van der Waals surface area contributed by atoms with Crippen molar-refractivity contribution in [2.75, 3.05) is 13.7 Å². The first-order valence-electron chi connectivity index (χ1n) is 7.52. The van der Waals surface area contributed by atoms with Crippen molar-refractivity contribution in [2.24, 2.45) is 0 Å². The average molecular weight is 293 g/mol. The third-order valence-corrected chi connectivity index (χ3v) is 3.95. The number of likely N-dealkylation sites (tertiary alicyclic amines) is 1. The Hall–Kier alpha value is -1.46. The molecule has 0 saturated carbocycles. The molecular weight excluding hydrogens is 270 g/mol. The van der Waals surface area contributed by atoms with E-state index in [0.717, 1.165) is 12.8 Å². The summed E-state index contributed by atoms with van der Waals surface area (Å²) in [5.74, 6) is -0.504. The van der Waals surface area contributed by atoms with Crippen LogP contribution in [0.25, 0.3) is 0 Å². The van der Waals surface area contributed by atoms with Crippen LogP contribution in [0.3, 0.4) is 0 Å². The third-order valence-electron chi connectivity index (χ3n) is 3.95. The van der Waals surface area contributed by atoms with E-state index in [4.69, 9.17) is 9.47 Å². The largest absolute Gasteiger partial charge is 0.364 e. The molecule has 0 aromatic heterocycles. The Kier molecular flexibility index (Phi) is 5.31. The summed E-state index contributed by atoms with van der Waals surface area (Å²) >= 11 is 0. The van der Waals surface area contributed by atoms with Crippen LogP contribution in [0.1, 0.15) is 39.0 Å². The van der Waals surface area contributed by atoms with Crippen molar-refractivity contribution < 1.29 is 19.1 Å². The SMILES string of the molecule is CCCCOC1CCC(=O)N1C(=O)C1(OC)C=CC=CC1. The van der Waals surface area contributed by atoms with Gasteiger partial charge in [-0.25, -0.2) is 0 Å². The predicted molar refractivity (Wildman–Crippen MR) is 78.4 cm³/mol. The van der Waals surface area contributed by atoms with Crippen LogP contribution in [0.2, 0.25) is 0 Å². The van der Waals surface area contributed by atoms with Gasteiger partial charge in [-0.05, 0) is 12.5 Å². The van der Waals surface area contributed by atoms with Crippen LogP contribution >= 0.6 is 0 Å². The molecule has 0 N–H and O–H groups in total. The molecular formula is C16H23NO4. The summed E-state index contributed by atoms with van der Waals surface area (Å²) in [6.45, 7) is 2.64. The summed E-state index contributed by atoms with van der Waals surface area (Å²) in [6, 6.07) is 0. The molecule has 0 radical (unpaired) electrons. The first-order valence-corrected chi connectivity index (χ1v) is 7.52. The second-order valence-corrected chi connectivity index (χ2v) is 5.37. The van der Waals surface area contributed by atoms with Crippen molar-refractivity contribution >= 4 is 11.8 Å². The van der Waals surface area contributed by atoms with Crippen molar-refractivity contribution in [1.29, 1.82) is 0 Å². The zero-order valence-corrected chi connectivity index (χ0v) is 12.7. The molecule has 1 saturated heterocycles. The highest BCUT2D eigenvalue weighted by molar-refractivity contribution is 6.02. The lowest BCUT2D eigenvalue weighted by molar-refractivity contribution is -0.166. The molecule has 1 fully saturated rings. The second kappa shape index (κ2) is 7.00. The zero-order chi connectivity index (χ0) is 15.3. The summed E-state index contributed by atoms with van der Waals surface area (Å²) in [4.78, 5) is 26.2. The predicted octanol–water partition coefficient (Wildman–Crippen LogP) is 2.18. The lowest BCUT2D eigenvalue weighted by Crippen LogP contribution is -2.53. The van der Waals surface area contributed by atoms with E-state index in [1.807, 2.05) is 12.2 Å². The van der Waals surface area contributed by atoms with Gasteiger partial charge in [-0.1, -0.05) is 31.6 Å². The number of imide groups is 1. The number of hydrogen-bond acceptors (Lipinski definition) is 4. The van der Waals surface area contributed by atoms with E-state index >= 15 is 0 Å². The van der Waals surface area contributed by atoms with Gasteiger partial charge in [0, 0.05) is 33.0 Å². The molecule has 5 heteroatoms. The zero-order valence-electron chi connectivity index (χ0n) is 12.7. The van der Waals surface area contributed by atoms with E-state index in [1.165, 1.54) is 12.0 Å². The number of hydrogen-bond donors (Lipinski definition) is 0. The van der Waals surface area contributed by atoms with Crippen molar-refractivity contribution in [1.82, 2.24) is 4.90 Å². The molecule has 0 aromatic rings. The van der Waals surface area contributed by atoms with E-state index in [-0.39, 0.29) is 11.8 Å². The van der Waals surface area contributed by atoms with Crippen LogP contribution in [-0.2, 0) is 19.1 Å². The van der Waals surface area contributed by atoms with Gasteiger partial charge in [0.1, 0.15) is 6.23 Å². The average Bonchev–Trinajstić information content (AvgIpc) is 2.88. The summed E-state index contributed by atoms with van der Waals surface area (Å²) < 4.78 is 11.2. The topological polar surface area (TPSA) is 55.8 Å². The van der Waals surface area contributed by atoms with E-state index in [9.17, 15) is 9.59 Å². The molecule has 2 rings (SSSR count). The fraction of sp³-hybridized carbons (Fsp3) is 0.625. The quantitative estimate of drug-likeness (QED) is 0.556. The molecule has 0 spiro atoms. The van der Waals surface area contributed by atoms with Crippen LogP contribution in [0.5, 0.6) is 0 Å². The molecule has 2 atom stereocenters. The standard InChI is InChI=1S/C16H23NO4/c1-3-4-12-21-14-9-8-13(18)17(14)15(19)16(20-2)10-6-5-7-11-16/h5-7,10,14H,3-4,8-9,11-12H2,1-2H3. The van der Waals surface area contributed by atoms with Gasteiger partial charge in [-0.15, -0.1) is 0 Å². The van der Waals surface area contributed by atoms with Crippen molar-refractivity contribution in [3.63, 3.8) is 0 Å². The third kappa shape index (κ3) is 3.24. The molecule has 2 aliphatic rings. The number of carbonyl (C=O) groups excluding carboxylic acids is 2. The maximum atomic E-state index is 12.8. The Morgan fingerprint density at radius 2 is 2.29 bits per heavy atom. The molecule has 5 nitrogen and oxygen atoms in total. The van der Waals surface area contributed by atoms with Crippen LogP contribution in [0.4, 0.5) is 0 Å². The molecule has 1 heterocycles. The Bertz CT molecular complexity index is 457. The molecule has 116 valence electrons. The van der Waals surface area contributed by atoms with E-state index < -0.39 is 11.8 Å². The molecule has 0 bridgehead atoms. The molecule has 2 unspecified atom stereocenters. The summed E-state index contributed by atoms with van der Waals surface area (Å²) in [7, 11) is 1.49. The maximum absolute atomic E-state index is 12.8. The first kappa shape index (κ1) is 15.9. The number of methoxy groups -OCH3 is 1. The van der Waals surface area contributed by atoms with Gasteiger partial charge in [0.25, 0.3) is 5.91 Å². The van der Waals surface area contributed by atoms with Gasteiger partial charge >= 0.3 is 0 Å². The van der Waals surface area contributed by atoms with Crippen LogP contribution < -0.4 is 0 Å². The lowest BCUT2D eigenvalue weighted by Gasteiger charge is -2.34. The molecule has 1 aliphatic heterocycles. The summed E-state index contributed by atoms with van der Waals surface area (Å²) in [6.07, 6.45) is 10.1. The number of allylic oxidation sites excluding steroid dienone is 2. The number of rotatable bonds is 6. The van der Waals surface area contributed by atoms with E-state index in [0.29, 0.717) is 25.9 Å². The van der Waals surface area contributed by atoms with Gasteiger partial charge in [-0.3, -0.25) is 14.5 Å². The number of ether oxygens (including phenoxy) is 2. The summed E-state index contributed by atoms with van der Waals surface area (Å²) in [5.41, 5.74) is -1.08. The Morgan fingerprint density at radius 1 is 1.48 bits per heavy atom. The van der Waals surface area contributed by atoms with Gasteiger partial charge in [0.15, 0.2) is 5.60 Å². The van der Waals surface area contributed by atoms with Gasteiger partial charge < -0.3 is 9.47 Å².